The topological polar surface area (TPSA) is 77.2 Å². The molecule has 0 aliphatic heterocycles. The van der Waals surface area contributed by atoms with Crippen molar-refractivity contribution in [2.45, 2.75) is 6.42 Å². The standard InChI is InChI=1S/C12H20N4O2/c1-13-6-4-8-16(2)9-11(17)15-12(18)10-5-3-7-14-10/h3,5,7,13-14H,4,6,8-9H2,1-2H3,(H,15,17,18). The number of H-pyrrole nitrogens is 1. The molecular weight excluding hydrogens is 232 g/mol. The van der Waals surface area contributed by atoms with Gasteiger partial charge in [0, 0.05) is 6.20 Å². The van der Waals surface area contributed by atoms with E-state index in [0.29, 0.717) is 5.69 Å². The predicted octanol–water partition coefficient (Wildman–Crippen LogP) is -0.188. The molecule has 0 aromatic carbocycles. The van der Waals surface area contributed by atoms with Crippen LogP contribution in [0.15, 0.2) is 18.3 Å². The molecule has 1 heterocycles. The summed E-state index contributed by atoms with van der Waals surface area (Å²) in [5.41, 5.74) is 0.390. The number of amides is 2. The van der Waals surface area contributed by atoms with Gasteiger partial charge in [0.25, 0.3) is 5.91 Å². The summed E-state index contributed by atoms with van der Waals surface area (Å²) in [6.07, 6.45) is 2.61. The van der Waals surface area contributed by atoms with Gasteiger partial charge in [-0.05, 0) is 45.7 Å². The molecule has 6 heteroatoms. The Bertz CT molecular complexity index is 375. The average molecular weight is 252 g/mol. The molecule has 0 aliphatic rings. The first kappa shape index (κ1) is 14.4. The smallest absolute Gasteiger partial charge is 0.274 e. The minimum absolute atomic E-state index is 0.218. The summed E-state index contributed by atoms with van der Waals surface area (Å²) < 4.78 is 0. The van der Waals surface area contributed by atoms with Crippen molar-refractivity contribution in [3.8, 4) is 0 Å². The van der Waals surface area contributed by atoms with Crippen molar-refractivity contribution in [2.24, 2.45) is 0 Å². The van der Waals surface area contributed by atoms with Gasteiger partial charge in [0.05, 0.1) is 6.54 Å². The third-order valence-corrected chi connectivity index (χ3v) is 2.48. The first-order valence-corrected chi connectivity index (χ1v) is 5.94. The molecule has 0 saturated heterocycles. The first-order valence-electron chi connectivity index (χ1n) is 5.94. The third-order valence-electron chi connectivity index (χ3n) is 2.48. The molecule has 0 fully saturated rings. The molecule has 0 aliphatic carbocycles. The van der Waals surface area contributed by atoms with Gasteiger partial charge in [0.1, 0.15) is 5.69 Å². The fourth-order valence-corrected chi connectivity index (χ4v) is 1.56. The van der Waals surface area contributed by atoms with Gasteiger partial charge in [-0.25, -0.2) is 0 Å². The largest absolute Gasteiger partial charge is 0.357 e. The van der Waals surface area contributed by atoms with E-state index in [1.54, 1.807) is 18.3 Å². The maximum Gasteiger partial charge on any atom is 0.274 e. The lowest BCUT2D eigenvalue weighted by molar-refractivity contribution is -0.121. The summed E-state index contributed by atoms with van der Waals surface area (Å²) in [5.74, 6) is -0.685. The molecule has 100 valence electrons. The molecule has 0 bridgehead atoms. The lowest BCUT2D eigenvalue weighted by Gasteiger charge is -2.15. The van der Waals surface area contributed by atoms with E-state index in [2.05, 4.69) is 15.6 Å². The van der Waals surface area contributed by atoms with Gasteiger partial charge in [-0.1, -0.05) is 0 Å². The van der Waals surface area contributed by atoms with E-state index >= 15 is 0 Å². The Balaban J connectivity index is 2.26. The van der Waals surface area contributed by atoms with Gasteiger partial charge in [-0.2, -0.15) is 0 Å². The molecule has 1 aromatic rings. The van der Waals surface area contributed by atoms with Crippen molar-refractivity contribution >= 4 is 11.8 Å². The number of imide groups is 1. The Labute approximate surface area is 107 Å². The Kier molecular flexibility index (Phi) is 6.10. The average Bonchev–Trinajstić information content (AvgIpc) is 2.82. The van der Waals surface area contributed by atoms with Crippen molar-refractivity contribution < 1.29 is 9.59 Å². The number of carbonyl (C=O) groups excluding carboxylic acids is 2. The molecule has 3 N–H and O–H groups in total. The minimum Gasteiger partial charge on any atom is -0.357 e. The van der Waals surface area contributed by atoms with Gasteiger partial charge in [0.2, 0.25) is 5.91 Å². The second kappa shape index (κ2) is 7.62. The van der Waals surface area contributed by atoms with E-state index < -0.39 is 5.91 Å². The van der Waals surface area contributed by atoms with Crippen LogP contribution in [-0.4, -0.2) is 55.4 Å². The van der Waals surface area contributed by atoms with E-state index in [1.165, 1.54) is 0 Å². The van der Waals surface area contributed by atoms with E-state index in [-0.39, 0.29) is 12.5 Å². The van der Waals surface area contributed by atoms with Crippen LogP contribution in [-0.2, 0) is 4.79 Å². The normalized spacial score (nSPS) is 10.6. The molecule has 0 unspecified atom stereocenters. The van der Waals surface area contributed by atoms with Gasteiger partial charge < -0.3 is 10.3 Å². The van der Waals surface area contributed by atoms with Crippen LogP contribution in [0.1, 0.15) is 16.9 Å². The molecule has 1 rings (SSSR count). The summed E-state index contributed by atoms with van der Waals surface area (Å²) in [7, 11) is 3.75. The quantitative estimate of drug-likeness (QED) is 0.588. The third kappa shape index (κ3) is 5.11. The second-order valence-corrected chi connectivity index (χ2v) is 4.16. The Morgan fingerprint density at radius 2 is 2.22 bits per heavy atom. The van der Waals surface area contributed by atoms with E-state index in [9.17, 15) is 9.59 Å². The van der Waals surface area contributed by atoms with Gasteiger partial charge in [0.15, 0.2) is 0 Å². The van der Waals surface area contributed by atoms with Crippen LogP contribution in [0.25, 0.3) is 0 Å². The Morgan fingerprint density at radius 3 is 2.83 bits per heavy atom. The predicted molar refractivity (Wildman–Crippen MR) is 69.3 cm³/mol. The number of hydrogen-bond acceptors (Lipinski definition) is 4. The fourth-order valence-electron chi connectivity index (χ4n) is 1.56. The van der Waals surface area contributed by atoms with Gasteiger partial charge >= 0.3 is 0 Å². The second-order valence-electron chi connectivity index (χ2n) is 4.16. The van der Waals surface area contributed by atoms with Crippen molar-refractivity contribution in [1.29, 1.82) is 0 Å². The summed E-state index contributed by atoms with van der Waals surface area (Å²) in [4.78, 5) is 27.8. The first-order chi connectivity index (χ1) is 8.63. The van der Waals surface area contributed by atoms with Crippen LogP contribution in [0.5, 0.6) is 0 Å². The van der Waals surface area contributed by atoms with E-state index in [1.807, 2.05) is 19.0 Å². The number of aromatic amines is 1. The molecule has 1 aromatic heterocycles. The highest BCUT2D eigenvalue weighted by molar-refractivity contribution is 6.04. The van der Waals surface area contributed by atoms with Gasteiger partial charge in [-0.3, -0.25) is 19.8 Å². The Morgan fingerprint density at radius 1 is 1.44 bits per heavy atom. The molecule has 0 spiro atoms. The summed E-state index contributed by atoms with van der Waals surface area (Å²) in [6, 6.07) is 3.34. The summed E-state index contributed by atoms with van der Waals surface area (Å²) >= 11 is 0. The number of hydrogen-bond donors (Lipinski definition) is 3. The van der Waals surface area contributed by atoms with Crippen LogP contribution in [0.3, 0.4) is 0 Å². The maximum atomic E-state index is 11.6. The van der Waals surface area contributed by atoms with Crippen LogP contribution >= 0.6 is 0 Å². The maximum absolute atomic E-state index is 11.6. The number of aromatic nitrogens is 1. The van der Waals surface area contributed by atoms with Gasteiger partial charge in [-0.15, -0.1) is 0 Å². The molecular formula is C12H20N4O2. The molecule has 18 heavy (non-hydrogen) atoms. The zero-order valence-electron chi connectivity index (χ0n) is 10.8. The summed E-state index contributed by atoms with van der Waals surface area (Å²) in [5, 5.41) is 5.38. The monoisotopic (exact) mass is 252 g/mol. The van der Waals surface area contributed by atoms with Crippen molar-refractivity contribution in [1.82, 2.24) is 20.5 Å². The summed E-state index contributed by atoms with van der Waals surface area (Å²) in [6.45, 7) is 1.94. The minimum atomic E-state index is -0.395. The lowest BCUT2D eigenvalue weighted by Crippen LogP contribution is -2.39. The lowest BCUT2D eigenvalue weighted by atomic mass is 10.3. The van der Waals surface area contributed by atoms with Crippen LogP contribution in [0.4, 0.5) is 0 Å². The highest BCUT2D eigenvalue weighted by Gasteiger charge is 2.12. The van der Waals surface area contributed by atoms with E-state index in [4.69, 9.17) is 0 Å². The number of carbonyl (C=O) groups is 2. The van der Waals surface area contributed by atoms with Crippen molar-refractivity contribution in [2.75, 3.05) is 33.7 Å². The molecule has 0 saturated carbocycles. The van der Waals surface area contributed by atoms with Crippen LogP contribution in [0.2, 0.25) is 0 Å². The molecule has 0 radical (unpaired) electrons. The zero-order chi connectivity index (χ0) is 13.4. The highest BCUT2D eigenvalue weighted by atomic mass is 16.2. The van der Waals surface area contributed by atoms with Crippen molar-refractivity contribution in [3.63, 3.8) is 0 Å². The molecule has 0 atom stereocenters. The highest BCUT2D eigenvalue weighted by Crippen LogP contribution is 1.94. The van der Waals surface area contributed by atoms with E-state index in [0.717, 1.165) is 19.5 Å². The fraction of sp³-hybridized carbons (Fsp3) is 0.500. The Hall–Kier alpha value is -1.66. The number of nitrogens with one attached hydrogen (secondary N) is 3. The number of nitrogens with zero attached hydrogens (tertiary/aromatic N) is 1. The van der Waals surface area contributed by atoms with Crippen LogP contribution < -0.4 is 10.6 Å². The molecule has 6 nitrogen and oxygen atoms in total. The van der Waals surface area contributed by atoms with Crippen LogP contribution in [0, 0.1) is 0 Å². The SMILES string of the molecule is CNCCCN(C)CC(=O)NC(=O)c1ccc[nH]1. The zero-order valence-corrected chi connectivity index (χ0v) is 10.8. The number of likely N-dealkylation sites (N-methyl/N-ethyl adjacent to an activating group) is 1. The van der Waals surface area contributed by atoms with Crippen molar-refractivity contribution in [3.05, 3.63) is 24.0 Å². The molecule has 2 amide bonds. The number of rotatable bonds is 7.